The van der Waals surface area contributed by atoms with E-state index in [1.165, 1.54) is 0 Å². The summed E-state index contributed by atoms with van der Waals surface area (Å²) in [7, 11) is 0. The first kappa shape index (κ1) is 16.3. The highest BCUT2D eigenvalue weighted by atomic mass is 16.3. The molecule has 2 aromatic rings. The van der Waals surface area contributed by atoms with Gasteiger partial charge in [0.15, 0.2) is 5.78 Å². The molecule has 4 rings (SSSR count). The lowest BCUT2D eigenvalue weighted by Crippen LogP contribution is -2.43. The van der Waals surface area contributed by atoms with E-state index in [9.17, 15) is 14.4 Å². The molecule has 0 bridgehead atoms. The summed E-state index contributed by atoms with van der Waals surface area (Å²) in [5, 5.41) is 5.59. The van der Waals surface area contributed by atoms with Gasteiger partial charge >= 0.3 is 0 Å². The Bertz CT molecular complexity index is 884. The highest BCUT2D eigenvalue weighted by Crippen LogP contribution is 2.39. The standard InChI is InChI=1S/C20H18N2O4/c23-16-10-12(17-7-4-8-26-17)9-15-19(16)14(11-18(24)22-15)20(25)21-13-5-2-1-3-6-13/h1-8,12,14H,9-11H2,(H,21,25)(H,22,24). The number of carbonyl (C=O) groups is 3. The molecule has 2 heterocycles. The lowest BCUT2D eigenvalue weighted by molar-refractivity contribution is -0.129. The van der Waals surface area contributed by atoms with Crippen LogP contribution in [0.3, 0.4) is 0 Å². The van der Waals surface area contributed by atoms with E-state index >= 15 is 0 Å². The molecule has 0 saturated carbocycles. The van der Waals surface area contributed by atoms with E-state index in [2.05, 4.69) is 10.6 Å². The Labute approximate surface area is 150 Å². The van der Waals surface area contributed by atoms with Crippen molar-refractivity contribution in [3.8, 4) is 0 Å². The summed E-state index contributed by atoms with van der Waals surface area (Å²) in [4.78, 5) is 37.6. The van der Waals surface area contributed by atoms with E-state index in [0.29, 0.717) is 23.4 Å². The van der Waals surface area contributed by atoms with Gasteiger partial charge in [-0.3, -0.25) is 14.4 Å². The number of benzene rings is 1. The minimum atomic E-state index is -0.760. The van der Waals surface area contributed by atoms with Crippen molar-refractivity contribution in [3.05, 3.63) is 65.8 Å². The summed E-state index contributed by atoms with van der Waals surface area (Å²) >= 11 is 0. The van der Waals surface area contributed by atoms with E-state index in [1.807, 2.05) is 24.3 Å². The van der Waals surface area contributed by atoms with Gasteiger partial charge in [0.2, 0.25) is 11.8 Å². The molecule has 2 aliphatic rings. The molecule has 6 nitrogen and oxygen atoms in total. The summed E-state index contributed by atoms with van der Waals surface area (Å²) in [6, 6.07) is 12.6. The van der Waals surface area contributed by atoms with Crippen LogP contribution in [0.2, 0.25) is 0 Å². The zero-order chi connectivity index (χ0) is 18.1. The van der Waals surface area contributed by atoms with Crippen molar-refractivity contribution in [3.63, 3.8) is 0 Å². The number of anilines is 1. The van der Waals surface area contributed by atoms with E-state index in [0.717, 1.165) is 5.76 Å². The number of hydrogen-bond acceptors (Lipinski definition) is 4. The molecule has 2 atom stereocenters. The van der Waals surface area contributed by atoms with Gasteiger partial charge < -0.3 is 15.1 Å². The van der Waals surface area contributed by atoms with E-state index in [1.54, 1.807) is 24.5 Å². The van der Waals surface area contributed by atoms with Crippen molar-refractivity contribution in [2.45, 2.75) is 25.2 Å². The van der Waals surface area contributed by atoms with E-state index in [4.69, 9.17) is 4.42 Å². The van der Waals surface area contributed by atoms with Crippen LogP contribution in [0.25, 0.3) is 0 Å². The molecule has 26 heavy (non-hydrogen) atoms. The third kappa shape index (κ3) is 3.06. The average molecular weight is 350 g/mol. The number of allylic oxidation sites excluding steroid dienone is 1. The molecule has 6 heteroatoms. The number of ketones is 1. The molecule has 0 saturated heterocycles. The molecular weight excluding hydrogens is 332 g/mol. The Morgan fingerprint density at radius 2 is 1.85 bits per heavy atom. The molecule has 2 N–H and O–H groups in total. The minimum Gasteiger partial charge on any atom is -0.469 e. The molecule has 1 aromatic heterocycles. The summed E-state index contributed by atoms with van der Waals surface area (Å²) in [6.45, 7) is 0. The third-order valence-corrected chi connectivity index (χ3v) is 4.84. The van der Waals surface area contributed by atoms with Crippen LogP contribution >= 0.6 is 0 Å². The summed E-state index contributed by atoms with van der Waals surface area (Å²) in [5.41, 5.74) is 1.62. The van der Waals surface area contributed by atoms with Crippen LogP contribution in [0.15, 0.2) is 64.4 Å². The smallest absolute Gasteiger partial charge is 0.232 e. The van der Waals surface area contributed by atoms with Crippen molar-refractivity contribution < 1.29 is 18.8 Å². The second-order valence-electron chi connectivity index (χ2n) is 6.60. The molecule has 1 aliphatic carbocycles. The van der Waals surface area contributed by atoms with Crippen LogP contribution in [0.1, 0.15) is 30.9 Å². The minimum absolute atomic E-state index is 0.0192. The van der Waals surface area contributed by atoms with Crippen LogP contribution in [0.5, 0.6) is 0 Å². The molecule has 0 spiro atoms. The van der Waals surface area contributed by atoms with Gasteiger partial charge in [-0.2, -0.15) is 0 Å². The van der Waals surface area contributed by atoms with Gasteiger partial charge in [0.1, 0.15) is 5.76 Å². The monoisotopic (exact) mass is 350 g/mol. The zero-order valence-corrected chi connectivity index (χ0v) is 14.0. The quantitative estimate of drug-likeness (QED) is 0.891. The number of rotatable bonds is 3. The normalized spacial score (nSPS) is 22.6. The molecule has 1 aliphatic heterocycles. The van der Waals surface area contributed by atoms with Gasteiger partial charge in [0.05, 0.1) is 12.2 Å². The first-order valence-corrected chi connectivity index (χ1v) is 8.57. The Hall–Kier alpha value is -3.15. The fourth-order valence-electron chi connectivity index (χ4n) is 3.66. The largest absolute Gasteiger partial charge is 0.469 e. The maximum Gasteiger partial charge on any atom is 0.232 e. The number of amides is 2. The van der Waals surface area contributed by atoms with Gasteiger partial charge in [-0.25, -0.2) is 0 Å². The number of para-hydroxylation sites is 1. The number of nitrogens with one attached hydrogen (secondary N) is 2. The summed E-state index contributed by atoms with van der Waals surface area (Å²) in [5.74, 6) is -0.847. The molecule has 0 radical (unpaired) electrons. The second kappa shape index (κ2) is 6.63. The highest BCUT2D eigenvalue weighted by Gasteiger charge is 2.41. The predicted octanol–water partition coefficient (Wildman–Crippen LogP) is 2.76. The van der Waals surface area contributed by atoms with Crippen LogP contribution in [0.4, 0.5) is 5.69 Å². The number of furan rings is 1. The van der Waals surface area contributed by atoms with Gasteiger partial charge in [-0.1, -0.05) is 18.2 Å². The van der Waals surface area contributed by atoms with Crippen LogP contribution in [-0.2, 0) is 14.4 Å². The first-order chi connectivity index (χ1) is 12.6. The Morgan fingerprint density at radius 3 is 2.58 bits per heavy atom. The summed E-state index contributed by atoms with van der Waals surface area (Å²) in [6.07, 6.45) is 2.31. The van der Waals surface area contributed by atoms with Gasteiger partial charge in [0.25, 0.3) is 0 Å². The number of carbonyl (C=O) groups excluding carboxylic acids is 3. The number of Topliss-reactive ketones (excluding diaryl/α,β-unsaturated/α-hetero) is 1. The highest BCUT2D eigenvalue weighted by molar-refractivity contribution is 6.09. The maximum atomic E-state index is 12.8. The average Bonchev–Trinajstić information content (AvgIpc) is 3.16. The van der Waals surface area contributed by atoms with Crippen molar-refractivity contribution >= 4 is 23.3 Å². The SMILES string of the molecule is O=C1CC(C(=O)Nc2ccccc2)C2=C(CC(c3ccco3)CC2=O)N1. The third-order valence-electron chi connectivity index (χ3n) is 4.84. The van der Waals surface area contributed by atoms with Crippen molar-refractivity contribution in [2.24, 2.45) is 5.92 Å². The second-order valence-corrected chi connectivity index (χ2v) is 6.60. The summed E-state index contributed by atoms with van der Waals surface area (Å²) < 4.78 is 5.41. The van der Waals surface area contributed by atoms with Crippen molar-refractivity contribution in [1.29, 1.82) is 0 Å². The first-order valence-electron chi connectivity index (χ1n) is 8.57. The van der Waals surface area contributed by atoms with E-state index < -0.39 is 5.92 Å². The fraction of sp³-hybridized carbons (Fsp3) is 0.250. The topological polar surface area (TPSA) is 88.4 Å². The lowest BCUT2D eigenvalue weighted by Gasteiger charge is -2.32. The lowest BCUT2D eigenvalue weighted by atomic mass is 9.76. The molecule has 2 amide bonds. The fourth-order valence-corrected chi connectivity index (χ4v) is 3.66. The van der Waals surface area contributed by atoms with Crippen molar-refractivity contribution in [1.82, 2.24) is 5.32 Å². The van der Waals surface area contributed by atoms with Gasteiger partial charge in [-0.05, 0) is 30.7 Å². The molecule has 132 valence electrons. The Balaban J connectivity index is 1.61. The predicted molar refractivity (Wildman–Crippen MR) is 94.0 cm³/mol. The van der Waals surface area contributed by atoms with Crippen LogP contribution in [0, 0.1) is 5.92 Å². The number of hydrogen-bond donors (Lipinski definition) is 2. The van der Waals surface area contributed by atoms with Gasteiger partial charge in [0, 0.05) is 35.7 Å². The van der Waals surface area contributed by atoms with Crippen molar-refractivity contribution in [2.75, 3.05) is 5.32 Å². The maximum absolute atomic E-state index is 12.8. The Morgan fingerprint density at radius 1 is 1.04 bits per heavy atom. The van der Waals surface area contributed by atoms with Crippen LogP contribution < -0.4 is 10.6 Å². The molecule has 1 aromatic carbocycles. The van der Waals surface area contributed by atoms with E-state index in [-0.39, 0.29) is 36.4 Å². The molecule has 0 fully saturated rings. The molecule has 2 unspecified atom stereocenters. The van der Waals surface area contributed by atoms with Gasteiger partial charge in [-0.15, -0.1) is 0 Å². The molecular formula is C20H18N2O4. The zero-order valence-electron chi connectivity index (χ0n) is 14.0. The van der Waals surface area contributed by atoms with Crippen LogP contribution in [-0.4, -0.2) is 17.6 Å². The Kier molecular flexibility index (Phi) is 4.16.